The molecule has 7 nitrogen and oxygen atoms in total. The number of rotatable bonds is 4. The summed E-state index contributed by atoms with van der Waals surface area (Å²) in [6.07, 6.45) is 1.61. The highest BCUT2D eigenvalue weighted by molar-refractivity contribution is 6.29. The Bertz CT molecular complexity index is 939. The highest BCUT2D eigenvalue weighted by Crippen LogP contribution is 2.08. The lowest BCUT2D eigenvalue weighted by atomic mass is 10.2. The molecule has 0 bridgehead atoms. The van der Waals surface area contributed by atoms with Crippen LogP contribution in [-0.2, 0) is 17.9 Å². The Morgan fingerprint density at radius 3 is 2.79 bits per heavy atom. The zero-order chi connectivity index (χ0) is 17.1. The fourth-order valence-electron chi connectivity index (χ4n) is 2.24. The maximum absolute atomic E-state index is 12.3. The van der Waals surface area contributed by atoms with Crippen molar-refractivity contribution in [2.24, 2.45) is 0 Å². The summed E-state index contributed by atoms with van der Waals surface area (Å²) in [7, 11) is 1.65. The molecule has 0 aliphatic heterocycles. The molecule has 0 saturated heterocycles. The Kier molecular flexibility index (Phi) is 4.52. The van der Waals surface area contributed by atoms with Crippen LogP contribution in [0.2, 0.25) is 5.15 Å². The minimum atomic E-state index is -0.337. The number of pyridine rings is 1. The maximum atomic E-state index is 12.3. The second-order valence-electron chi connectivity index (χ2n) is 5.31. The van der Waals surface area contributed by atoms with Crippen LogP contribution in [0, 0.1) is 0 Å². The summed E-state index contributed by atoms with van der Waals surface area (Å²) in [5.41, 5.74) is 1.01. The standard InChI is InChI=1S/C16H14ClN5O2/c1-21(9-11-6-7-14(17)18-8-11)15(23)10-22-16(24)12-4-2-3-5-13(12)19-20-22/h2-8H,9-10H2,1H3. The summed E-state index contributed by atoms with van der Waals surface area (Å²) in [4.78, 5) is 30.1. The third-order valence-corrected chi connectivity index (χ3v) is 3.77. The Hall–Kier alpha value is -2.80. The number of carbonyl (C=O) groups excluding carboxylic acids is 1. The molecule has 0 unspecified atom stereocenters. The molecule has 0 spiro atoms. The molecule has 0 atom stereocenters. The van der Waals surface area contributed by atoms with E-state index in [1.165, 1.54) is 4.90 Å². The molecule has 2 aromatic heterocycles. The van der Waals surface area contributed by atoms with E-state index in [2.05, 4.69) is 15.3 Å². The summed E-state index contributed by atoms with van der Waals surface area (Å²) >= 11 is 5.74. The third kappa shape index (κ3) is 3.41. The molecule has 0 aliphatic rings. The van der Waals surface area contributed by atoms with Gasteiger partial charge < -0.3 is 4.90 Å². The van der Waals surface area contributed by atoms with Crippen molar-refractivity contribution in [1.29, 1.82) is 0 Å². The van der Waals surface area contributed by atoms with Crippen molar-refractivity contribution < 1.29 is 4.79 Å². The molecular formula is C16H14ClN5O2. The topological polar surface area (TPSA) is 81.0 Å². The molecule has 2 heterocycles. The van der Waals surface area contributed by atoms with Crippen LogP contribution in [0.5, 0.6) is 0 Å². The van der Waals surface area contributed by atoms with Gasteiger partial charge in [-0.1, -0.05) is 35.0 Å². The van der Waals surface area contributed by atoms with Gasteiger partial charge in [0.2, 0.25) is 5.91 Å². The van der Waals surface area contributed by atoms with Gasteiger partial charge in [-0.15, -0.1) is 5.10 Å². The highest BCUT2D eigenvalue weighted by atomic mass is 35.5. The first-order valence-electron chi connectivity index (χ1n) is 7.21. The molecule has 0 N–H and O–H groups in total. The summed E-state index contributed by atoms with van der Waals surface area (Å²) in [5, 5.41) is 8.62. The van der Waals surface area contributed by atoms with E-state index in [4.69, 9.17) is 11.6 Å². The number of hydrogen-bond donors (Lipinski definition) is 0. The van der Waals surface area contributed by atoms with Crippen molar-refractivity contribution in [2.75, 3.05) is 7.05 Å². The van der Waals surface area contributed by atoms with Crippen LogP contribution in [0.15, 0.2) is 47.4 Å². The van der Waals surface area contributed by atoms with Gasteiger partial charge in [0.25, 0.3) is 5.56 Å². The van der Waals surface area contributed by atoms with Crippen LogP contribution in [0.1, 0.15) is 5.56 Å². The van der Waals surface area contributed by atoms with Crippen LogP contribution in [-0.4, -0.2) is 37.8 Å². The average molecular weight is 344 g/mol. The van der Waals surface area contributed by atoms with Crippen molar-refractivity contribution in [1.82, 2.24) is 24.9 Å². The lowest BCUT2D eigenvalue weighted by Gasteiger charge is -2.17. The van der Waals surface area contributed by atoms with Crippen LogP contribution < -0.4 is 5.56 Å². The Morgan fingerprint density at radius 2 is 2.04 bits per heavy atom. The van der Waals surface area contributed by atoms with E-state index in [1.807, 2.05) is 0 Å². The zero-order valence-corrected chi connectivity index (χ0v) is 13.6. The fourth-order valence-corrected chi connectivity index (χ4v) is 2.35. The maximum Gasteiger partial charge on any atom is 0.278 e. The van der Waals surface area contributed by atoms with Gasteiger partial charge in [0.15, 0.2) is 0 Å². The van der Waals surface area contributed by atoms with Crippen LogP contribution >= 0.6 is 11.6 Å². The van der Waals surface area contributed by atoms with Crippen molar-refractivity contribution in [3.05, 3.63) is 63.7 Å². The van der Waals surface area contributed by atoms with E-state index in [0.29, 0.717) is 22.6 Å². The van der Waals surface area contributed by atoms with Crippen LogP contribution in [0.25, 0.3) is 10.9 Å². The van der Waals surface area contributed by atoms with Gasteiger partial charge in [0, 0.05) is 19.8 Å². The zero-order valence-electron chi connectivity index (χ0n) is 12.9. The normalized spacial score (nSPS) is 10.8. The molecule has 8 heteroatoms. The Balaban J connectivity index is 1.75. The van der Waals surface area contributed by atoms with Crippen LogP contribution in [0.4, 0.5) is 0 Å². The van der Waals surface area contributed by atoms with E-state index in [1.54, 1.807) is 49.6 Å². The predicted octanol–water partition coefficient (Wildman–Crippen LogP) is 1.50. The number of halogens is 1. The Morgan fingerprint density at radius 1 is 1.25 bits per heavy atom. The van der Waals surface area contributed by atoms with Crippen molar-refractivity contribution in [3.8, 4) is 0 Å². The van der Waals surface area contributed by atoms with Crippen molar-refractivity contribution >= 4 is 28.4 Å². The minimum absolute atomic E-state index is 0.172. The first kappa shape index (κ1) is 16.1. The van der Waals surface area contributed by atoms with Crippen molar-refractivity contribution in [3.63, 3.8) is 0 Å². The number of likely N-dealkylation sites (N-methyl/N-ethyl adjacent to an activating group) is 1. The monoisotopic (exact) mass is 343 g/mol. The quantitative estimate of drug-likeness (QED) is 0.670. The minimum Gasteiger partial charge on any atom is -0.340 e. The van der Waals surface area contributed by atoms with E-state index >= 15 is 0 Å². The summed E-state index contributed by atoms with van der Waals surface area (Å²) in [5.74, 6) is -0.253. The van der Waals surface area contributed by atoms with Gasteiger partial charge in [0.05, 0.1) is 5.39 Å². The molecule has 0 aliphatic carbocycles. The molecule has 0 radical (unpaired) electrons. The second-order valence-corrected chi connectivity index (χ2v) is 5.70. The molecule has 0 fully saturated rings. The van der Waals surface area contributed by atoms with Gasteiger partial charge >= 0.3 is 0 Å². The van der Waals surface area contributed by atoms with Crippen LogP contribution in [0.3, 0.4) is 0 Å². The highest BCUT2D eigenvalue weighted by Gasteiger charge is 2.13. The number of aromatic nitrogens is 4. The third-order valence-electron chi connectivity index (χ3n) is 3.55. The van der Waals surface area contributed by atoms with Gasteiger partial charge in [-0.3, -0.25) is 9.59 Å². The smallest absolute Gasteiger partial charge is 0.278 e. The number of fused-ring (bicyclic) bond motifs is 1. The second kappa shape index (κ2) is 6.76. The van der Waals surface area contributed by atoms with E-state index in [9.17, 15) is 9.59 Å². The lowest BCUT2D eigenvalue weighted by molar-refractivity contribution is -0.131. The molecule has 0 saturated carbocycles. The van der Waals surface area contributed by atoms with E-state index < -0.39 is 0 Å². The summed E-state index contributed by atoms with van der Waals surface area (Å²) in [6, 6.07) is 10.3. The molecule has 122 valence electrons. The van der Waals surface area contributed by atoms with E-state index in [-0.39, 0.29) is 18.0 Å². The summed E-state index contributed by atoms with van der Waals surface area (Å²) < 4.78 is 1.07. The number of benzene rings is 1. The number of amides is 1. The SMILES string of the molecule is CN(Cc1ccc(Cl)nc1)C(=O)Cn1nnc2ccccc2c1=O. The van der Waals surface area contributed by atoms with Gasteiger partial charge in [-0.2, -0.15) is 0 Å². The number of carbonyl (C=O) groups is 1. The molecule has 1 amide bonds. The molecule has 3 rings (SSSR count). The average Bonchev–Trinajstić information content (AvgIpc) is 2.59. The predicted molar refractivity (Wildman–Crippen MR) is 89.5 cm³/mol. The Labute approximate surface area is 142 Å². The number of nitrogens with zero attached hydrogens (tertiary/aromatic N) is 5. The molecular weight excluding hydrogens is 330 g/mol. The van der Waals surface area contributed by atoms with Crippen molar-refractivity contribution in [2.45, 2.75) is 13.1 Å². The van der Waals surface area contributed by atoms with Gasteiger partial charge in [-0.25, -0.2) is 9.67 Å². The first-order chi connectivity index (χ1) is 11.5. The largest absolute Gasteiger partial charge is 0.340 e. The molecule has 1 aromatic carbocycles. The van der Waals surface area contributed by atoms with E-state index in [0.717, 1.165) is 10.2 Å². The first-order valence-corrected chi connectivity index (χ1v) is 7.59. The lowest BCUT2D eigenvalue weighted by Crippen LogP contribution is -2.35. The van der Waals surface area contributed by atoms with Gasteiger partial charge in [-0.05, 0) is 23.8 Å². The summed E-state index contributed by atoms with van der Waals surface area (Å²) in [6.45, 7) is 0.187. The van der Waals surface area contributed by atoms with Gasteiger partial charge in [0.1, 0.15) is 17.2 Å². The fraction of sp³-hybridized carbons (Fsp3) is 0.188. The molecule has 24 heavy (non-hydrogen) atoms. The molecule has 3 aromatic rings. The number of hydrogen-bond acceptors (Lipinski definition) is 5.